The first-order chi connectivity index (χ1) is 12.0. The maximum Gasteiger partial charge on any atom is 0.0504 e. The molecule has 2 rings (SSSR count). The third-order valence-corrected chi connectivity index (χ3v) is 5.02. The molecule has 0 saturated carbocycles. The minimum atomic E-state index is -0.00620. The highest BCUT2D eigenvalue weighted by atomic mass is 16.3. The predicted molar refractivity (Wildman–Crippen MR) is 107 cm³/mol. The van der Waals surface area contributed by atoms with Gasteiger partial charge in [0.2, 0.25) is 0 Å². The number of allylic oxidation sites excluding steroid dienone is 1. The van der Waals surface area contributed by atoms with Crippen LogP contribution in [-0.2, 0) is 6.42 Å². The second kappa shape index (κ2) is 9.57. The summed E-state index contributed by atoms with van der Waals surface area (Å²) in [5.74, 6) is 0. The summed E-state index contributed by atoms with van der Waals surface area (Å²) < 4.78 is 0. The van der Waals surface area contributed by atoms with Gasteiger partial charge >= 0.3 is 0 Å². The van der Waals surface area contributed by atoms with Crippen molar-refractivity contribution in [1.82, 2.24) is 4.90 Å². The van der Waals surface area contributed by atoms with Crippen LogP contribution in [0.5, 0.6) is 0 Å². The molecule has 1 atom stereocenters. The van der Waals surface area contributed by atoms with Gasteiger partial charge in [0, 0.05) is 36.1 Å². The molecule has 1 N–H and O–H groups in total. The lowest BCUT2D eigenvalue weighted by Crippen LogP contribution is -2.44. The second-order valence-corrected chi connectivity index (χ2v) is 7.41. The fraction of sp³-hybridized carbons (Fsp3) is 0.500. The van der Waals surface area contributed by atoms with Gasteiger partial charge in [-0.25, -0.2) is 0 Å². The van der Waals surface area contributed by atoms with Crippen molar-refractivity contribution in [3.63, 3.8) is 0 Å². The Labute approximate surface area is 152 Å². The van der Waals surface area contributed by atoms with Gasteiger partial charge in [-0.1, -0.05) is 36.9 Å². The zero-order chi connectivity index (χ0) is 18.1. The minimum absolute atomic E-state index is 0.00620. The largest absolute Gasteiger partial charge is 0.396 e. The van der Waals surface area contributed by atoms with Crippen LogP contribution in [0.4, 0.5) is 0 Å². The van der Waals surface area contributed by atoms with E-state index >= 15 is 0 Å². The van der Waals surface area contributed by atoms with Crippen LogP contribution in [0, 0.1) is 5.41 Å². The summed E-state index contributed by atoms with van der Waals surface area (Å²) in [5.41, 5.74) is 3.40. The molecule has 0 spiro atoms. The topological polar surface area (TPSA) is 35.8 Å². The van der Waals surface area contributed by atoms with Gasteiger partial charge in [0.25, 0.3) is 0 Å². The van der Waals surface area contributed by atoms with Gasteiger partial charge < -0.3 is 10.0 Å². The summed E-state index contributed by atoms with van der Waals surface area (Å²) in [7, 11) is 0. The van der Waals surface area contributed by atoms with Gasteiger partial charge in [0.05, 0.1) is 6.61 Å². The van der Waals surface area contributed by atoms with Crippen LogP contribution in [-0.4, -0.2) is 35.4 Å². The molecular weight excluding hydrogens is 308 g/mol. The monoisotopic (exact) mass is 340 g/mol. The number of benzene rings is 1. The highest BCUT2D eigenvalue weighted by molar-refractivity contribution is 5.79. The minimum Gasteiger partial charge on any atom is -0.396 e. The smallest absolute Gasteiger partial charge is 0.0504 e. The van der Waals surface area contributed by atoms with Crippen molar-refractivity contribution in [2.24, 2.45) is 10.4 Å². The number of aliphatic hydroxyl groups is 1. The van der Waals surface area contributed by atoms with E-state index in [1.165, 1.54) is 5.56 Å². The normalized spacial score (nSPS) is 20.7. The maximum atomic E-state index is 10.1. The van der Waals surface area contributed by atoms with E-state index in [0.717, 1.165) is 56.6 Å². The highest BCUT2D eigenvalue weighted by Crippen LogP contribution is 2.36. The van der Waals surface area contributed by atoms with Gasteiger partial charge in [-0.2, -0.15) is 0 Å². The molecule has 1 aliphatic rings. The number of nitrogens with zero attached hydrogens (tertiary/aromatic N) is 2. The SMILES string of the molecule is C=C(/C=C\N=C(C)C)N1CCCC(CO)(CCCc2ccccc2)C1. The van der Waals surface area contributed by atoms with Gasteiger partial charge in [0.1, 0.15) is 0 Å². The Bertz CT molecular complexity index is 602. The van der Waals surface area contributed by atoms with Crippen LogP contribution in [0.1, 0.15) is 45.1 Å². The highest BCUT2D eigenvalue weighted by Gasteiger charge is 2.34. The van der Waals surface area contributed by atoms with Crippen LogP contribution in [0.2, 0.25) is 0 Å². The molecule has 0 radical (unpaired) electrons. The van der Waals surface area contributed by atoms with Crippen molar-refractivity contribution < 1.29 is 5.11 Å². The quantitative estimate of drug-likeness (QED) is 0.555. The molecule has 1 heterocycles. The Balaban J connectivity index is 1.92. The molecular formula is C22H32N2O. The number of aliphatic hydroxyl groups excluding tert-OH is 1. The van der Waals surface area contributed by atoms with E-state index < -0.39 is 0 Å². The third-order valence-electron chi connectivity index (χ3n) is 5.02. The predicted octanol–water partition coefficient (Wildman–Crippen LogP) is 4.59. The average molecular weight is 341 g/mol. The van der Waals surface area contributed by atoms with Crippen molar-refractivity contribution in [2.45, 2.75) is 46.0 Å². The molecule has 3 nitrogen and oxygen atoms in total. The van der Waals surface area contributed by atoms with Crippen molar-refractivity contribution in [2.75, 3.05) is 19.7 Å². The fourth-order valence-corrected chi connectivity index (χ4v) is 3.56. The van der Waals surface area contributed by atoms with Crippen LogP contribution in [0.3, 0.4) is 0 Å². The number of piperidine rings is 1. The lowest BCUT2D eigenvalue weighted by molar-refractivity contribution is 0.0397. The molecule has 1 unspecified atom stereocenters. The Kier molecular flexibility index (Phi) is 7.45. The molecule has 0 aliphatic carbocycles. The molecule has 1 aromatic rings. The van der Waals surface area contributed by atoms with Crippen LogP contribution < -0.4 is 0 Å². The van der Waals surface area contributed by atoms with Crippen LogP contribution in [0.25, 0.3) is 0 Å². The molecule has 0 aromatic heterocycles. The Morgan fingerprint density at radius 2 is 2.08 bits per heavy atom. The zero-order valence-corrected chi connectivity index (χ0v) is 15.7. The summed E-state index contributed by atoms with van der Waals surface area (Å²) in [6.45, 7) is 10.3. The lowest BCUT2D eigenvalue weighted by Gasteiger charge is -2.43. The fourth-order valence-electron chi connectivity index (χ4n) is 3.56. The van der Waals surface area contributed by atoms with E-state index in [0.29, 0.717) is 0 Å². The summed E-state index contributed by atoms with van der Waals surface area (Å²) >= 11 is 0. The van der Waals surface area contributed by atoms with Gasteiger partial charge in [-0.15, -0.1) is 0 Å². The number of aliphatic imine (C=N–C) groups is 1. The average Bonchev–Trinajstić information content (AvgIpc) is 2.62. The first-order valence-electron chi connectivity index (χ1n) is 9.31. The molecule has 0 bridgehead atoms. The Morgan fingerprint density at radius 1 is 1.32 bits per heavy atom. The van der Waals surface area contributed by atoms with E-state index in [4.69, 9.17) is 0 Å². The first-order valence-corrected chi connectivity index (χ1v) is 9.31. The van der Waals surface area contributed by atoms with Crippen LogP contribution in [0.15, 0.2) is 59.9 Å². The maximum absolute atomic E-state index is 10.1. The molecule has 1 saturated heterocycles. The lowest BCUT2D eigenvalue weighted by atomic mass is 9.76. The molecule has 3 heteroatoms. The number of hydrogen-bond acceptors (Lipinski definition) is 3. The van der Waals surface area contributed by atoms with E-state index in [-0.39, 0.29) is 12.0 Å². The molecule has 25 heavy (non-hydrogen) atoms. The number of likely N-dealkylation sites (tertiary alicyclic amines) is 1. The summed E-state index contributed by atoms with van der Waals surface area (Å²) in [5, 5.41) is 10.1. The molecule has 0 amide bonds. The summed E-state index contributed by atoms with van der Waals surface area (Å²) in [6.07, 6.45) is 9.24. The van der Waals surface area contributed by atoms with Gasteiger partial charge in [-0.05, 0) is 57.6 Å². The molecule has 136 valence electrons. The first kappa shape index (κ1) is 19.5. The Hall–Kier alpha value is -1.87. The number of aryl methyl sites for hydroxylation is 1. The number of hydrogen-bond donors (Lipinski definition) is 1. The van der Waals surface area contributed by atoms with E-state index in [9.17, 15) is 5.11 Å². The van der Waals surface area contributed by atoms with Crippen molar-refractivity contribution in [1.29, 1.82) is 0 Å². The summed E-state index contributed by atoms with van der Waals surface area (Å²) in [4.78, 5) is 6.60. The van der Waals surface area contributed by atoms with Crippen molar-refractivity contribution in [3.05, 3.63) is 60.4 Å². The standard InChI is InChI=1S/C22H32N2O/c1-19(2)23-15-12-20(3)24-16-8-14-22(17-24,18-25)13-7-11-21-9-5-4-6-10-21/h4-6,9-10,12,15,25H,3,7-8,11,13-14,16-18H2,1-2H3/b15-12-. The number of rotatable bonds is 8. The second-order valence-electron chi connectivity index (χ2n) is 7.41. The third kappa shape index (κ3) is 6.17. The van der Waals surface area contributed by atoms with Gasteiger partial charge in [-0.3, -0.25) is 4.99 Å². The van der Waals surface area contributed by atoms with Crippen molar-refractivity contribution >= 4 is 5.71 Å². The molecule has 1 fully saturated rings. The van der Waals surface area contributed by atoms with E-state index in [1.54, 1.807) is 0 Å². The van der Waals surface area contributed by atoms with E-state index in [2.05, 4.69) is 46.8 Å². The summed E-state index contributed by atoms with van der Waals surface area (Å²) in [6, 6.07) is 10.6. The molecule has 1 aromatic carbocycles. The van der Waals surface area contributed by atoms with Crippen molar-refractivity contribution in [3.8, 4) is 0 Å². The Morgan fingerprint density at radius 3 is 2.76 bits per heavy atom. The van der Waals surface area contributed by atoms with Gasteiger partial charge in [0.15, 0.2) is 0 Å². The zero-order valence-electron chi connectivity index (χ0n) is 15.7. The van der Waals surface area contributed by atoms with Crippen LogP contribution >= 0.6 is 0 Å². The van der Waals surface area contributed by atoms with E-state index in [1.807, 2.05) is 26.1 Å². The molecule has 1 aliphatic heterocycles.